The minimum Gasteiger partial charge on any atom is -0.378 e. The van der Waals surface area contributed by atoms with Gasteiger partial charge in [0, 0.05) is 10.7 Å². The number of ether oxygens (including phenoxy) is 1. The Morgan fingerprint density at radius 2 is 1.79 bits per heavy atom. The molecule has 2 saturated carbocycles. The number of halogens is 1. The van der Waals surface area contributed by atoms with Crippen molar-refractivity contribution in [1.82, 2.24) is 0 Å². The van der Waals surface area contributed by atoms with Crippen LogP contribution in [0.2, 0.25) is 0 Å². The van der Waals surface area contributed by atoms with E-state index in [1.54, 1.807) is 0 Å². The Bertz CT molecular complexity index is 281. The van der Waals surface area contributed by atoms with Gasteiger partial charge in [-0.3, -0.25) is 0 Å². The van der Waals surface area contributed by atoms with E-state index in [-0.39, 0.29) is 0 Å². The molecule has 2 fully saturated rings. The van der Waals surface area contributed by atoms with Crippen LogP contribution in [0.25, 0.3) is 0 Å². The highest BCUT2D eigenvalue weighted by Crippen LogP contribution is 2.42. The van der Waals surface area contributed by atoms with Gasteiger partial charge in [0.05, 0.1) is 12.7 Å². The van der Waals surface area contributed by atoms with Crippen molar-refractivity contribution in [3.05, 3.63) is 0 Å². The standard InChI is InChI=1S/C17H31BrO/c1-14-9-15(11-16(2,3)10-14)19-13-17(12-18)7-5-4-6-8-17/h14-15H,4-13H2,1-3H3. The van der Waals surface area contributed by atoms with Gasteiger partial charge < -0.3 is 4.74 Å². The van der Waals surface area contributed by atoms with Crippen LogP contribution < -0.4 is 0 Å². The molecule has 0 saturated heterocycles. The topological polar surface area (TPSA) is 9.23 Å². The van der Waals surface area contributed by atoms with Gasteiger partial charge in [-0.15, -0.1) is 0 Å². The van der Waals surface area contributed by atoms with Crippen molar-refractivity contribution < 1.29 is 4.74 Å². The fourth-order valence-electron chi connectivity index (χ4n) is 4.30. The number of rotatable bonds is 4. The second kappa shape index (κ2) is 6.47. The first-order chi connectivity index (χ1) is 8.95. The minimum atomic E-state index is 0.434. The van der Waals surface area contributed by atoms with Gasteiger partial charge in [-0.25, -0.2) is 0 Å². The lowest BCUT2D eigenvalue weighted by atomic mass is 9.71. The molecule has 2 unspecified atom stereocenters. The summed E-state index contributed by atoms with van der Waals surface area (Å²) in [6.45, 7) is 8.17. The molecular weight excluding hydrogens is 300 g/mol. The average molecular weight is 331 g/mol. The Kier molecular flexibility index (Phi) is 5.39. The minimum absolute atomic E-state index is 0.434. The average Bonchev–Trinajstić information content (AvgIpc) is 2.35. The first-order valence-corrected chi connectivity index (χ1v) is 9.24. The molecule has 2 atom stereocenters. The largest absolute Gasteiger partial charge is 0.378 e. The molecule has 2 aliphatic rings. The van der Waals surface area contributed by atoms with Crippen LogP contribution in [0.15, 0.2) is 0 Å². The van der Waals surface area contributed by atoms with E-state index in [4.69, 9.17) is 4.74 Å². The van der Waals surface area contributed by atoms with Gasteiger partial charge >= 0.3 is 0 Å². The molecule has 0 aromatic heterocycles. The van der Waals surface area contributed by atoms with E-state index in [1.165, 1.54) is 51.4 Å². The molecule has 0 amide bonds. The highest BCUT2D eigenvalue weighted by Gasteiger charge is 2.36. The number of hydrogen-bond acceptors (Lipinski definition) is 1. The third-order valence-corrected chi connectivity index (χ3v) is 6.36. The van der Waals surface area contributed by atoms with Crippen molar-refractivity contribution in [2.45, 2.75) is 78.2 Å². The summed E-state index contributed by atoms with van der Waals surface area (Å²) in [7, 11) is 0. The lowest BCUT2D eigenvalue weighted by Gasteiger charge is -2.41. The smallest absolute Gasteiger partial charge is 0.0583 e. The predicted molar refractivity (Wildman–Crippen MR) is 85.8 cm³/mol. The molecule has 0 bridgehead atoms. The molecule has 0 aliphatic heterocycles. The van der Waals surface area contributed by atoms with Crippen LogP contribution in [0.4, 0.5) is 0 Å². The van der Waals surface area contributed by atoms with E-state index in [0.717, 1.165) is 17.9 Å². The Labute approximate surface area is 128 Å². The SMILES string of the molecule is CC1CC(OCC2(CBr)CCCCC2)CC(C)(C)C1. The maximum Gasteiger partial charge on any atom is 0.0583 e. The second-order valence-electron chi connectivity index (χ2n) is 8.04. The lowest BCUT2D eigenvalue weighted by molar-refractivity contribution is -0.0612. The molecule has 2 aliphatic carbocycles. The summed E-state index contributed by atoms with van der Waals surface area (Å²) in [4.78, 5) is 0. The van der Waals surface area contributed by atoms with Crippen LogP contribution in [0, 0.1) is 16.7 Å². The summed E-state index contributed by atoms with van der Waals surface area (Å²) < 4.78 is 6.39. The van der Waals surface area contributed by atoms with Gasteiger partial charge in [0.2, 0.25) is 0 Å². The van der Waals surface area contributed by atoms with E-state index in [2.05, 4.69) is 36.7 Å². The molecule has 0 spiro atoms. The zero-order chi connectivity index (χ0) is 13.9. The molecule has 0 N–H and O–H groups in total. The van der Waals surface area contributed by atoms with Crippen molar-refractivity contribution in [1.29, 1.82) is 0 Å². The van der Waals surface area contributed by atoms with Gasteiger partial charge in [-0.2, -0.15) is 0 Å². The summed E-state index contributed by atoms with van der Waals surface area (Å²) in [5.41, 5.74) is 0.902. The molecule has 2 rings (SSSR count). The van der Waals surface area contributed by atoms with Gasteiger partial charge in [0.15, 0.2) is 0 Å². The van der Waals surface area contributed by atoms with Crippen molar-refractivity contribution in [3.63, 3.8) is 0 Å². The summed E-state index contributed by atoms with van der Waals surface area (Å²) in [5.74, 6) is 0.819. The van der Waals surface area contributed by atoms with Gasteiger partial charge in [0.25, 0.3) is 0 Å². The van der Waals surface area contributed by atoms with Crippen LogP contribution in [0.3, 0.4) is 0 Å². The number of alkyl halides is 1. The first-order valence-electron chi connectivity index (χ1n) is 8.12. The van der Waals surface area contributed by atoms with Crippen molar-refractivity contribution in [3.8, 4) is 0 Å². The van der Waals surface area contributed by atoms with Crippen LogP contribution in [0.1, 0.15) is 72.1 Å². The number of hydrogen-bond donors (Lipinski definition) is 0. The summed E-state index contributed by atoms with van der Waals surface area (Å²) in [5, 5.41) is 1.12. The van der Waals surface area contributed by atoms with E-state index < -0.39 is 0 Å². The molecule has 1 nitrogen and oxygen atoms in total. The molecular formula is C17H31BrO. The summed E-state index contributed by atoms with van der Waals surface area (Å²) >= 11 is 3.75. The molecule has 0 radical (unpaired) electrons. The van der Waals surface area contributed by atoms with Crippen LogP contribution >= 0.6 is 15.9 Å². The zero-order valence-corrected chi connectivity index (χ0v) is 14.6. The van der Waals surface area contributed by atoms with Gasteiger partial charge in [0.1, 0.15) is 0 Å². The third-order valence-electron chi connectivity index (χ3n) is 5.17. The van der Waals surface area contributed by atoms with Crippen LogP contribution in [0.5, 0.6) is 0 Å². The van der Waals surface area contributed by atoms with Crippen LogP contribution in [-0.2, 0) is 4.74 Å². The van der Waals surface area contributed by atoms with Gasteiger partial charge in [-0.1, -0.05) is 56.0 Å². The van der Waals surface area contributed by atoms with E-state index >= 15 is 0 Å². The maximum absolute atomic E-state index is 6.39. The molecule has 19 heavy (non-hydrogen) atoms. The Morgan fingerprint density at radius 3 is 2.37 bits per heavy atom. The molecule has 112 valence electrons. The first kappa shape index (κ1) is 15.8. The molecule has 0 aromatic carbocycles. The van der Waals surface area contributed by atoms with E-state index in [1.807, 2.05) is 0 Å². The Morgan fingerprint density at radius 1 is 1.11 bits per heavy atom. The molecule has 0 heterocycles. The fraction of sp³-hybridized carbons (Fsp3) is 1.00. The highest BCUT2D eigenvalue weighted by molar-refractivity contribution is 9.09. The fourth-order valence-corrected chi connectivity index (χ4v) is 5.02. The van der Waals surface area contributed by atoms with E-state index in [0.29, 0.717) is 16.9 Å². The highest BCUT2D eigenvalue weighted by atomic mass is 79.9. The van der Waals surface area contributed by atoms with Crippen molar-refractivity contribution in [2.75, 3.05) is 11.9 Å². The molecule has 0 aromatic rings. The zero-order valence-electron chi connectivity index (χ0n) is 13.0. The van der Waals surface area contributed by atoms with Crippen LogP contribution in [-0.4, -0.2) is 18.0 Å². The quantitative estimate of drug-likeness (QED) is 0.613. The lowest BCUT2D eigenvalue weighted by Crippen LogP contribution is -2.37. The maximum atomic E-state index is 6.39. The Balaban J connectivity index is 1.86. The summed E-state index contributed by atoms with van der Waals surface area (Å²) in [6.07, 6.45) is 11.3. The molecule has 2 heteroatoms. The monoisotopic (exact) mass is 330 g/mol. The summed E-state index contributed by atoms with van der Waals surface area (Å²) in [6, 6.07) is 0. The normalized spacial score (nSPS) is 34.1. The Hall–Kier alpha value is 0.440. The van der Waals surface area contributed by atoms with Crippen molar-refractivity contribution in [2.24, 2.45) is 16.7 Å². The van der Waals surface area contributed by atoms with E-state index in [9.17, 15) is 0 Å². The van der Waals surface area contributed by atoms with Gasteiger partial charge in [-0.05, 0) is 43.4 Å². The van der Waals surface area contributed by atoms with Crippen molar-refractivity contribution >= 4 is 15.9 Å². The third kappa shape index (κ3) is 4.46. The second-order valence-corrected chi connectivity index (χ2v) is 8.60. The predicted octanol–water partition coefficient (Wildman–Crippen LogP) is 5.56.